The summed E-state index contributed by atoms with van der Waals surface area (Å²) < 4.78 is 15.7. The van der Waals surface area contributed by atoms with Gasteiger partial charge in [-0.2, -0.15) is 0 Å². The van der Waals surface area contributed by atoms with E-state index in [1.54, 1.807) is 25.2 Å². The molecule has 1 saturated heterocycles. The second-order valence-corrected chi connectivity index (χ2v) is 8.06. The standard InChI is InChI=1S/C25H33N5O5/c1-5-11-30(25(32)18-33-2)17-24(31)29-13-6-12-28(14-15-29)23-10-9-21(26-27-23)20-8-7-19(34-3)16-22(20)35-4/h5,7-10,16H,1,6,11-15,17-18H2,2-4H3. The highest BCUT2D eigenvalue weighted by Gasteiger charge is 2.23. The Morgan fingerprint density at radius 2 is 1.89 bits per heavy atom. The predicted molar refractivity (Wildman–Crippen MR) is 133 cm³/mol. The fourth-order valence-corrected chi connectivity index (χ4v) is 3.93. The molecule has 188 valence electrons. The van der Waals surface area contributed by atoms with Crippen molar-refractivity contribution < 1.29 is 23.8 Å². The number of nitrogens with zero attached hydrogens (tertiary/aromatic N) is 5. The number of benzene rings is 1. The summed E-state index contributed by atoms with van der Waals surface area (Å²) in [5, 5.41) is 8.84. The van der Waals surface area contributed by atoms with Crippen LogP contribution in [0.15, 0.2) is 43.0 Å². The molecule has 0 atom stereocenters. The van der Waals surface area contributed by atoms with Gasteiger partial charge in [0.1, 0.15) is 24.7 Å². The smallest absolute Gasteiger partial charge is 0.249 e. The Hall–Kier alpha value is -3.66. The van der Waals surface area contributed by atoms with Gasteiger partial charge in [-0.25, -0.2) is 0 Å². The third-order valence-corrected chi connectivity index (χ3v) is 5.80. The molecule has 0 unspecified atom stereocenters. The van der Waals surface area contributed by atoms with Crippen molar-refractivity contribution in [1.82, 2.24) is 20.0 Å². The molecule has 0 spiro atoms. The number of anilines is 1. The first-order valence-electron chi connectivity index (χ1n) is 11.5. The number of hydrogen-bond acceptors (Lipinski definition) is 8. The SMILES string of the molecule is C=CCN(CC(=O)N1CCCN(c2ccc(-c3ccc(OC)cc3OC)nn2)CC1)C(=O)COC. The summed E-state index contributed by atoms with van der Waals surface area (Å²) in [6, 6.07) is 9.40. The van der Waals surface area contributed by atoms with E-state index >= 15 is 0 Å². The maximum absolute atomic E-state index is 12.9. The van der Waals surface area contributed by atoms with Crippen molar-refractivity contribution in [3.05, 3.63) is 43.0 Å². The Kier molecular flexibility index (Phi) is 9.42. The second-order valence-electron chi connectivity index (χ2n) is 8.06. The number of hydrogen-bond donors (Lipinski definition) is 0. The van der Waals surface area contributed by atoms with Gasteiger partial charge in [-0.3, -0.25) is 9.59 Å². The van der Waals surface area contributed by atoms with Crippen LogP contribution in [0.25, 0.3) is 11.3 Å². The van der Waals surface area contributed by atoms with E-state index in [1.807, 2.05) is 30.3 Å². The molecule has 1 aliphatic heterocycles. The summed E-state index contributed by atoms with van der Waals surface area (Å²) in [6.45, 7) is 6.44. The maximum atomic E-state index is 12.9. The molecule has 3 rings (SSSR count). The summed E-state index contributed by atoms with van der Waals surface area (Å²) >= 11 is 0. The first kappa shape index (κ1) is 26.0. The van der Waals surface area contributed by atoms with Crippen LogP contribution in [-0.4, -0.2) is 99.0 Å². The van der Waals surface area contributed by atoms with Crippen LogP contribution >= 0.6 is 0 Å². The summed E-state index contributed by atoms with van der Waals surface area (Å²) in [6.07, 6.45) is 2.39. The highest BCUT2D eigenvalue weighted by molar-refractivity contribution is 5.85. The van der Waals surface area contributed by atoms with E-state index in [-0.39, 0.29) is 25.0 Å². The number of aromatic nitrogens is 2. The van der Waals surface area contributed by atoms with Crippen LogP contribution in [0.3, 0.4) is 0 Å². The Bertz CT molecular complexity index is 1010. The number of methoxy groups -OCH3 is 3. The topological polar surface area (TPSA) is 97.3 Å². The molecule has 2 heterocycles. The molecule has 1 aromatic heterocycles. The number of amides is 2. The van der Waals surface area contributed by atoms with E-state index in [0.717, 1.165) is 24.3 Å². The van der Waals surface area contributed by atoms with Crippen molar-refractivity contribution in [3.63, 3.8) is 0 Å². The number of carbonyl (C=O) groups excluding carboxylic acids is 2. The predicted octanol–water partition coefficient (Wildman–Crippen LogP) is 1.86. The molecule has 10 nitrogen and oxygen atoms in total. The summed E-state index contributed by atoms with van der Waals surface area (Å²) in [4.78, 5) is 30.5. The van der Waals surface area contributed by atoms with Gasteiger partial charge in [0, 0.05) is 51.5 Å². The van der Waals surface area contributed by atoms with Crippen LogP contribution < -0.4 is 14.4 Å². The average molecular weight is 484 g/mol. The van der Waals surface area contributed by atoms with Gasteiger partial charge in [0.2, 0.25) is 11.8 Å². The fourth-order valence-electron chi connectivity index (χ4n) is 3.93. The summed E-state index contributed by atoms with van der Waals surface area (Å²) in [5.41, 5.74) is 1.52. The van der Waals surface area contributed by atoms with E-state index < -0.39 is 0 Å². The quantitative estimate of drug-likeness (QED) is 0.473. The van der Waals surface area contributed by atoms with Crippen molar-refractivity contribution in [1.29, 1.82) is 0 Å². The Balaban J connectivity index is 1.64. The lowest BCUT2D eigenvalue weighted by Gasteiger charge is -2.26. The van der Waals surface area contributed by atoms with Gasteiger partial charge in [-0.15, -0.1) is 16.8 Å². The van der Waals surface area contributed by atoms with E-state index in [1.165, 1.54) is 12.0 Å². The molecule has 0 saturated carbocycles. The Labute approximate surface area is 206 Å². The monoisotopic (exact) mass is 483 g/mol. The van der Waals surface area contributed by atoms with E-state index in [2.05, 4.69) is 21.7 Å². The summed E-state index contributed by atoms with van der Waals surface area (Å²) in [7, 11) is 4.67. The highest BCUT2D eigenvalue weighted by Crippen LogP contribution is 2.32. The van der Waals surface area contributed by atoms with Crippen LogP contribution in [0.5, 0.6) is 11.5 Å². The number of ether oxygens (including phenoxy) is 3. The minimum Gasteiger partial charge on any atom is -0.497 e. The molecular formula is C25H33N5O5. The molecule has 1 aliphatic rings. The molecular weight excluding hydrogens is 450 g/mol. The van der Waals surface area contributed by atoms with Gasteiger partial charge < -0.3 is 28.9 Å². The lowest BCUT2D eigenvalue weighted by Crippen LogP contribution is -2.45. The molecule has 10 heteroatoms. The lowest BCUT2D eigenvalue weighted by molar-refractivity contribution is -0.142. The normalized spacial score (nSPS) is 13.7. The zero-order valence-electron chi connectivity index (χ0n) is 20.6. The summed E-state index contributed by atoms with van der Waals surface area (Å²) in [5.74, 6) is 1.78. The van der Waals surface area contributed by atoms with Gasteiger partial charge in [0.05, 0.1) is 19.9 Å². The molecule has 0 radical (unpaired) electrons. The van der Waals surface area contributed by atoms with Crippen LogP contribution in [0.1, 0.15) is 6.42 Å². The van der Waals surface area contributed by atoms with Crippen LogP contribution in [-0.2, 0) is 14.3 Å². The van der Waals surface area contributed by atoms with Crippen molar-refractivity contribution >= 4 is 17.6 Å². The van der Waals surface area contributed by atoms with E-state index in [9.17, 15) is 9.59 Å². The minimum atomic E-state index is -0.235. The number of rotatable bonds is 10. The molecule has 0 bridgehead atoms. The van der Waals surface area contributed by atoms with Crippen molar-refractivity contribution in [2.45, 2.75) is 6.42 Å². The molecule has 1 aromatic carbocycles. The van der Waals surface area contributed by atoms with Gasteiger partial charge in [0.15, 0.2) is 5.82 Å². The van der Waals surface area contributed by atoms with E-state index in [0.29, 0.717) is 43.4 Å². The maximum Gasteiger partial charge on any atom is 0.249 e. The average Bonchev–Trinajstić information content (AvgIpc) is 3.15. The molecule has 1 fully saturated rings. The van der Waals surface area contributed by atoms with Crippen LogP contribution in [0.4, 0.5) is 5.82 Å². The van der Waals surface area contributed by atoms with Crippen LogP contribution in [0.2, 0.25) is 0 Å². The van der Waals surface area contributed by atoms with Gasteiger partial charge in [-0.05, 0) is 30.7 Å². The van der Waals surface area contributed by atoms with E-state index in [4.69, 9.17) is 14.2 Å². The third-order valence-electron chi connectivity index (χ3n) is 5.80. The first-order chi connectivity index (χ1) is 17.0. The van der Waals surface area contributed by atoms with Gasteiger partial charge in [0.25, 0.3) is 0 Å². The Morgan fingerprint density at radius 1 is 1.06 bits per heavy atom. The Morgan fingerprint density at radius 3 is 2.54 bits per heavy atom. The van der Waals surface area contributed by atoms with Crippen LogP contribution in [0, 0.1) is 0 Å². The van der Waals surface area contributed by atoms with Gasteiger partial charge in [-0.1, -0.05) is 6.08 Å². The molecule has 0 aliphatic carbocycles. The second kappa shape index (κ2) is 12.7. The third kappa shape index (κ3) is 6.69. The zero-order valence-corrected chi connectivity index (χ0v) is 20.6. The molecule has 35 heavy (non-hydrogen) atoms. The zero-order chi connectivity index (χ0) is 25.2. The van der Waals surface area contributed by atoms with Gasteiger partial charge >= 0.3 is 0 Å². The lowest BCUT2D eigenvalue weighted by atomic mass is 10.1. The van der Waals surface area contributed by atoms with Crippen molar-refractivity contribution in [2.24, 2.45) is 0 Å². The first-order valence-corrected chi connectivity index (χ1v) is 11.5. The fraction of sp³-hybridized carbons (Fsp3) is 0.440. The highest BCUT2D eigenvalue weighted by atomic mass is 16.5. The van der Waals surface area contributed by atoms with Crippen molar-refractivity contribution in [3.8, 4) is 22.8 Å². The molecule has 2 aromatic rings. The number of carbonyl (C=O) groups is 2. The molecule has 0 N–H and O–H groups in total. The minimum absolute atomic E-state index is 0.00636. The molecule has 2 amide bonds. The van der Waals surface area contributed by atoms with Crippen molar-refractivity contribution in [2.75, 3.05) is 72.1 Å². The largest absolute Gasteiger partial charge is 0.497 e.